The lowest BCUT2D eigenvalue weighted by molar-refractivity contribution is 0.126. The van der Waals surface area contributed by atoms with E-state index in [4.69, 9.17) is 15.4 Å². The van der Waals surface area contributed by atoms with E-state index in [0.29, 0.717) is 32.0 Å². The Hall–Kier alpha value is -0.590. The summed E-state index contributed by atoms with van der Waals surface area (Å²) in [6.07, 6.45) is 3.07. The summed E-state index contributed by atoms with van der Waals surface area (Å²) in [6.45, 7) is 5.78. The molecule has 5 nitrogen and oxygen atoms in total. The highest BCUT2D eigenvalue weighted by molar-refractivity contribution is 8.13. The summed E-state index contributed by atoms with van der Waals surface area (Å²) in [5.41, 5.74) is 0. The SMILES string of the molecule is CCCOCCn1cc(S(=O)(=O)Cl)nc1CC. The minimum Gasteiger partial charge on any atom is -0.380 e. The molecule has 98 valence electrons. The summed E-state index contributed by atoms with van der Waals surface area (Å²) in [5.74, 6) is 0.698. The van der Waals surface area contributed by atoms with E-state index < -0.39 is 9.05 Å². The lowest BCUT2D eigenvalue weighted by Gasteiger charge is -2.06. The van der Waals surface area contributed by atoms with E-state index in [2.05, 4.69) is 4.98 Å². The zero-order valence-electron chi connectivity index (χ0n) is 10.0. The van der Waals surface area contributed by atoms with Crippen molar-refractivity contribution in [1.82, 2.24) is 9.55 Å². The van der Waals surface area contributed by atoms with Gasteiger partial charge >= 0.3 is 0 Å². The molecule has 0 spiro atoms. The number of nitrogens with zero attached hydrogens (tertiary/aromatic N) is 2. The number of ether oxygens (including phenoxy) is 1. The number of hydrogen-bond donors (Lipinski definition) is 0. The van der Waals surface area contributed by atoms with E-state index in [-0.39, 0.29) is 5.03 Å². The zero-order chi connectivity index (χ0) is 12.9. The molecule has 0 atom stereocenters. The molecule has 1 aromatic heterocycles. The Kier molecular flexibility index (Phi) is 5.42. The highest BCUT2D eigenvalue weighted by Crippen LogP contribution is 2.14. The maximum Gasteiger partial charge on any atom is 0.280 e. The van der Waals surface area contributed by atoms with Crippen LogP contribution in [0.3, 0.4) is 0 Å². The Morgan fingerprint density at radius 1 is 1.41 bits per heavy atom. The molecular formula is C10H17ClN2O3S. The van der Waals surface area contributed by atoms with Crippen LogP contribution in [0.15, 0.2) is 11.2 Å². The smallest absolute Gasteiger partial charge is 0.280 e. The van der Waals surface area contributed by atoms with Crippen LogP contribution < -0.4 is 0 Å². The summed E-state index contributed by atoms with van der Waals surface area (Å²) in [5, 5.41) is -0.0912. The third-order valence-electron chi connectivity index (χ3n) is 2.23. The van der Waals surface area contributed by atoms with E-state index in [1.165, 1.54) is 6.20 Å². The van der Waals surface area contributed by atoms with Crippen LogP contribution in [0, 0.1) is 0 Å². The van der Waals surface area contributed by atoms with Gasteiger partial charge in [0, 0.05) is 36.5 Å². The normalized spacial score (nSPS) is 11.9. The number of halogens is 1. The highest BCUT2D eigenvalue weighted by atomic mass is 35.7. The first-order valence-corrected chi connectivity index (χ1v) is 7.88. The van der Waals surface area contributed by atoms with Crippen LogP contribution >= 0.6 is 10.7 Å². The molecule has 1 rings (SSSR count). The molecule has 0 fully saturated rings. The molecule has 17 heavy (non-hydrogen) atoms. The maximum absolute atomic E-state index is 11.1. The quantitative estimate of drug-likeness (QED) is 0.564. The van der Waals surface area contributed by atoms with E-state index in [1.807, 2.05) is 13.8 Å². The second-order valence-corrected chi connectivity index (χ2v) is 6.11. The minimum atomic E-state index is -3.75. The summed E-state index contributed by atoms with van der Waals surface area (Å²) in [4.78, 5) is 3.99. The lowest BCUT2D eigenvalue weighted by atomic mass is 10.4. The minimum absolute atomic E-state index is 0.0912. The average Bonchev–Trinajstić information content (AvgIpc) is 2.67. The van der Waals surface area contributed by atoms with Gasteiger partial charge in [0.1, 0.15) is 5.82 Å². The van der Waals surface area contributed by atoms with Crippen LogP contribution in [-0.4, -0.2) is 31.2 Å². The van der Waals surface area contributed by atoms with Crippen LogP contribution in [0.5, 0.6) is 0 Å². The van der Waals surface area contributed by atoms with Gasteiger partial charge in [-0.3, -0.25) is 0 Å². The first kappa shape index (κ1) is 14.5. The third-order valence-corrected chi connectivity index (χ3v) is 3.40. The summed E-state index contributed by atoms with van der Waals surface area (Å²) in [6, 6.07) is 0. The summed E-state index contributed by atoms with van der Waals surface area (Å²) >= 11 is 0. The number of imidazole rings is 1. The number of hydrogen-bond acceptors (Lipinski definition) is 4. The number of rotatable bonds is 7. The Bertz CT molecular complexity index is 456. The monoisotopic (exact) mass is 280 g/mol. The van der Waals surface area contributed by atoms with E-state index >= 15 is 0 Å². The van der Waals surface area contributed by atoms with Gasteiger partial charge in [-0.1, -0.05) is 13.8 Å². The van der Waals surface area contributed by atoms with Gasteiger partial charge in [-0.2, -0.15) is 0 Å². The Labute approximate surface area is 106 Å². The van der Waals surface area contributed by atoms with E-state index in [0.717, 1.165) is 6.42 Å². The molecule has 0 aromatic carbocycles. The van der Waals surface area contributed by atoms with Crippen molar-refractivity contribution >= 4 is 19.7 Å². The second kappa shape index (κ2) is 6.37. The summed E-state index contributed by atoms with van der Waals surface area (Å²) < 4.78 is 29.4. The van der Waals surface area contributed by atoms with Crippen molar-refractivity contribution in [2.24, 2.45) is 0 Å². The first-order valence-electron chi connectivity index (χ1n) is 5.57. The molecule has 0 aliphatic heterocycles. The molecule has 0 saturated carbocycles. The van der Waals surface area contributed by atoms with Crippen LogP contribution in [-0.2, 0) is 26.8 Å². The lowest BCUT2D eigenvalue weighted by Crippen LogP contribution is -2.08. The van der Waals surface area contributed by atoms with Gasteiger partial charge in [-0.15, -0.1) is 0 Å². The van der Waals surface area contributed by atoms with Gasteiger partial charge in [-0.05, 0) is 6.42 Å². The fourth-order valence-electron chi connectivity index (χ4n) is 1.43. The molecule has 0 radical (unpaired) electrons. The fourth-order valence-corrected chi connectivity index (χ4v) is 2.12. The zero-order valence-corrected chi connectivity index (χ0v) is 11.6. The van der Waals surface area contributed by atoms with Crippen molar-refractivity contribution < 1.29 is 13.2 Å². The van der Waals surface area contributed by atoms with Crippen LogP contribution in [0.2, 0.25) is 0 Å². The predicted molar refractivity (Wildman–Crippen MR) is 65.8 cm³/mol. The molecule has 0 unspecified atom stereocenters. The van der Waals surface area contributed by atoms with Crippen molar-refractivity contribution in [2.75, 3.05) is 13.2 Å². The van der Waals surface area contributed by atoms with Gasteiger partial charge < -0.3 is 9.30 Å². The van der Waals surface area contributed by atoms with Crippen molar-refractivity contribution in [3.8, 4) is 0 Å². The molecule has 1 aromatic rings. The molecule has 7 heteroatoms. The van der Waals surface area contributed by atoms with Gasteiger partial charge in [0.15, 0.2) is 5.03 Å². The standard InChI is InChI=1S/C10H17ClN2O3S/c1-3-6-16-7-5-13-8-10(17(11,14)15)12-9(13)4-2/h8H,3-7H2,1-2H3. The molecule has 0 bridgehead atoms. The first-order chi connectivity index (χ1) is 7.99. The topological polar surface area (TPSA) is 61.2 Å². The van der Waals surface area contributed by atoms with Gasteiger partial charge in [-0.25, -0.2) is 13.4 Å². The summed E-state index contributed by atoms with van der Waals surface area (Å²) in [7, 11) is 1.50. The van der Waals surface area contributed by atoms with Crippen LogP contribution in [0.25, 0.3) is 0 Å². The Balaban J connectivity index is 2.74. The Morgan fingerprint density at radius 3 is 2.65 bits per heavy atom. The molecule has 0 aliphatic carbocycles. The maximum atomic E-state index is 11.1. The molecular weight excluding hydrogens is 264 g/mol. The van der Waals surface area contributed by atoms with Crippen LogP contribution in [0.4, 0.5) is 0 Å². The van der Waals surface area contributed by atoms with Crippen LogP contribution in [0.1, 0.15) is 26.1 Å². The van der Waals surface area contributed by atoms with E-state index in [1.54, 1.807) is 4.57 Å². The van der Waals surface area contributed by atoms with Gasteiger partial charge in [0.05, 0.1) is 6.61 Å². The number of aromatic nitrogens is 2. The van der Waals surface area contributed by atoms with Crippen molar-refractivity contribution in [1.29, 1.82) is 0 Å². The molecule has 0 N–H and O–H groups in total. The van der Waals surface area contributed by atoms with Gasteiger partial charge in [0.25, 0.3) is 9.05 Å². The largest absolute Gasteiger partial charge is 0.380 e. The van der Waals surface area contributed by atoms with Crippen molar-refractivity contribution in [3.63, 3.8) is 0 Å². The molecule has 0 aliphatic rings. The highest BCUT2D eigenvalue weighted by Gasteiger charge is 2.16. The average molecular weight is 281 g/mol. The van der Waals surface area contributed by atoms with E-state index in [9.17, 15) is 8.42 Å². The number of aryl methyl sites for hydroxylation is 1. The molecule has 0 amide bonds. The predicted octanol–water partition coefficient (Wildman–Crippen LogP) is 1.80. The molecule has 0 saturated heterocycles. The van der Waals surface area contributed by atoms with Crippen molar-refractivity contribution in [3.05, 3.63) is 12.0 Å². The third kappa shape index (κ3) is 4.29. The van der Waals surface area contributed by atoms with Gasteiger partial charge in [0.2, 0.25) is 0 Å². The fraction of sp³-hybridized carbons (Fsp3) is 0.700. The van der Waals surface area contributed by atoms with Crippen molar-refractivity contribution in [2.45, 2.75) is 38.3 Å². The second-order valence-electron chi connectivity index (χ2n) is 3.59. The molecule has 1 heterocycles. The Morgan fingerprint density at radius 2 is 2.12 bits per heavy atom.